The average Bonchev–Trinajstić information content (AvgIpc) is 2.22. The van der Waals surface area contributed by atoms with Crippen molar-refractivity contribution in [2.45, 2.75) is 26.7 Å². The first-order chi connectivity index (χ1) is 8.20. The van der Waals surface area contributed by atoms with Crippen LogP contribution < -0.4 is 0 Å². The molecule has 0 fully saturated rings. The standard InChI is InChI=1S/C10H18O6S2/c1-3-6-10(9-17(11,12)13)7-5-8-16-18(14,15)4-2/h10H,4-5,7-9H2,1-2H3,(H,11,12,13). The van der Waals surface area contributed by atoms with Crippen LogP contribution in [0.3, 0.4) is 0 Å². The maximum Gasteiger partial charge on any atom is 0.267 e. The zero-order chi connectivity index (χ0) is 14.2. The Morgan fingerprint density at radius 1 is 1.28 bits per heavy atom. The molecule has 0 aliphatic heterocycles. The molecule has 0 aromatic carbocycles. The molecule has 0 bridgehead atoms. The van der Waals surface area contributed by atoms with Gasteiger partial charge in [0.1, 0.15) is 0 Å². The van der Waals surface area contributed by atoms with E-state index in [0.717, 1.165) is 0 Å². The molecule has 8 heteroatoms. The van der Waals surface area contributed by atoms with Crippen molar-refractivity contribution in [3.8, 4) is 11.8 Å². The lowest BCUT2D eigenvalue weighted by Gasteiger charge is -2.08. The summed E-state index contributed by atoms with van der Waals surface area (Å²) in [6.45, 7) is 3.03. The molecule has 0 saturated carbocycles. The fourth-order valence-corrected chi connectivity index (χ4v) is 2.55. The van der Waals surface area contributed by atoms with Crippen molar-refractivity contribution in [2.24, 2.45) is 5.92 Å². The van der Waals surface area contributed by atoms with E-state index < -0.39 is 31.9 Å². The van der Waals surface area contributed by atoms with Gasteiger partial charge in [0.2, 0.25) is 0 Å². The van der Waals surface area contributed by atoms with Gasteiger partial charge in [-0.05, 0) is 26.7 Å². The third kappa shape index (κ3) is 9.41. The highest BCUT2D eigenvalue weighted by Gasteiger charge is 2.15. The van der Waals surface area contributed by atoms with E-state index in [1.807, 2.05) is 0 Å². The van der Waals surface area contributed by atoms with Gasteiger partial charge in [-0.15, -0.1) is 5.92 Å². The van der Waals surface area contributed by atoms with Crippen LogP contribution in [-0.2, 0) is 24.4 Å². The van der Waals surface area contributed by atoms with Gasteiger partial charge in [0.05, 0.1) is 18.1 Å². The Morgan fingerprint density at radius 3 is 2.33 bits per heavy atom. The van der Waals surface area contributed by atoms with E-state index in [1.165, 1.54) is 6.92 Å². The summed E-state index contributed by atoms with van der Waals surface area (Å²) in [6, 6.07) is 0. The minimum absolute atomic E-state index is 0.0104. The van der Waals surface area contributed by atoms with Gasteiger partial charge in [-0.1, -0.05) is 5.92 Å². The smallest absolute Gasteiger partial charge is 0.267 e. The first kappa shape index (κ1) is 17.4. The van der Waals surface area contributed by atoms with Crippen LogP contribution in [-0.4, -0.2) is 39.5 Å². The van der Waals surface area contributed by atoms with Gasteiger partial charge in [0.25, 0.3) is 20.2 Å². The van der Waals surface area contributed by atoms with E-state index in [2.05, 4.69) is 16.0 Å². The normalized spacial score (nSPS) is 13.7. The molecule has 1 atom stereocenters. The van der Waals surface area contributed by atoms with Crippen molar-refractivity contribution in [1.82, 2.24) is 0 Å². The highest BCUT2D eigenvalue weighted by Crippen LogP contribution is 2.09. The Morgan fingerprint density at radius 2 is 1.89 bits per heavy atom. The lowest BCUT2D eigenvalue weighted by molar-refractivity contribution is 0.304. The summed E-state index contributed by atoms with van der Waals surface area (Å²) < 4.78 is 56.8. The molecule has 0 saturated heterocycles. The van der Waals surface area contributed by atoms with Gasteiger partial charge in [-0.2, -0.15) is 16.8 Å². The third-order valence-corrected chi connectivity index (χ3v) is 4.13. The van der Waals surface area contributed by atoms with Crippen LogP contribution in [0.15, 0.2) is 0 Å². The fourth-order valence-electron chi connectivity index (χ4n) is 1.25. The first-order valence-corrected chi connectivity index (χ1v) is 8.63. The quantitative estimate of drug-likeness (QED) is 0.306. The van der Waals surface area contributed by atoms with Crippen molar-refractivity contribution in [3.05, 3.63) is 0 Å². The average molecular weight is 298 g/mol. The molecule has 18 heavy (non-hydrogen) atoms. The Labute approximate surface area is 109 Å². The van der Waals surface area contributed by atoms with Crippen LogP contribution in [0.5, 0.6) is 0 Å². The summed E-state index contributed by atoms with van der Waals surface area (Å²) in [6.07, 6.45) is 0.702. The van der Waals surface area contributed by atoms with Gasteiger partial charge < -0.3 is 0 Å². The summed E-state index contributed by atoms with van der Waals surface area (Å²) in [7, 11) is -7.55. The highest BCUT2D eigenvalue weighted by molar-refractivity contribution is 7.86. The molecule has 0 spiro atoms. The molecular weight excluding hydrogens is 280 g/mol. The summed E-state index contributed by atoms with van der Waals surface area (Å²) in [5.41, 5.74) is 0. The highest BCUT2D eigenvalue weighted by atomic mass is 32.2. The SMILES string of the molecule is CC#CC(CCCOS(=O)(=O)CC)CS(=O)(=O)O. The summed E-state index contributed by atoms with van der Waals surface area (Å²) in [5.74, 6) is 4.16. The van der Waals surface area contributed by atoms with Crippen LogP contribution in [0.4, 0.5) is 0 Å². The first-order valence-electron chi connectivity index (χ1n) is 5.44. The second-order valence-corrected chi connectivity index (χ2v) is 7.08. The number of rotatable bonds is 8. The predicted octanol–water partition coefficient (Wildman–Crippen LogP) is 0.660. The van der Waals surface area contributed by atoms with Gasteiger partial charge in [0, 0.05) is 5.92 Å². The Balaban J connectivity index is 4.17. The molecule has 0 aliphatic carbocycles. The topological polar surface area (TPSA) is 97.7 Å². The van der Waals surface area contributed by atoms with Crippen LogP contribution in [0, 0.1) is 17.8 Å². The van der Waals surface area contributed by atoms with Crippen LogP contribution >= 0.6 is 0 Å². The van der Waals surface area contributed by atoms with Crippen LogP contribution in [0.2, 0.25) is 0 Å². The van der Waals surface area contributed by atoms with Crippen molar-refractivity contribution >= 4 is 20.2 Å². The van der Waals surface area contributed by atoms with E-state index in [4.69, 9.17) is 4.55 Å². The zero-order valence-corrected chi connectivity index (χ0v) is 12.1. The summed E-state index contributed by atoms with van der Waals surface area (Å²) >= 11 is 0. The molecule has 0 radical (unpaired) electrons. The second kappa shape index (κ2) is 7.74. The molecule has 6 nitrogen and oxygen atoms in total. The Kier molecular flexibility index (Phi) is 7.47. The molecule has 0 aromatic rings. The lowest BCUT2D eigenvalue weighted by atomic mass is 10.1. The lowest BCUT2D eigenvalue weighted by Crippen LogP contribution is -2.15. The number of hydrogen-bond donors (Lipinski definition) is 1. The van der Waals surface area contributed by atoms with E-state index >= 15 is 0 Å². The Bertz CT molecular complexity index is 494. The van der Waals surface area contributed by atoms with Crippen LogP contribution in [0.25, 0.3) is 0 Å². The molecule has 1 unspecified atom stereocenters. The minimum atomic E-state index is -4.08. The largest absolute Gasteiger partial charge is 0.286 e. The van der Waals surface area contributed by atoms with E-state index in [0.29, 0.717) is 12.8 Å². The van der Waals surface area contributed by atoms with Gasteiger partial charge in [-0.3, -0.25) is 8.74 Å². The van der Waals surface area contributed by atoms with Crippen molar-refractivity contribution in [1.29, 1.82) is 0 Å². The van der Waals surface area contributed by atoms with Crippen LogP contribution in [0.1, 0.15) is 26.7 Å². The molecule has 1 N–H and O–H groups in total. The minimum Gasteiger partial charge on any atom is -0.286 e. The van der Waals surface area contributed by atoms with E-state index in [-0.39, 0.29) is 12.4 Å². The molecule has 0 aromatic heterocycles. The second-order valence-electron chi connectivity index (χ2n) is 3.65. The maximum absolute atomic E-state index is 11.0. The predicted molar refractivity (Wildman–Crippen MR) is 68.0 cm³/mol. The van der Waals surface area contributed by atoms with E-state index in [9.17, 15) is 16.8 Å². The van der Waals surface area contributed by atoms with Gasteiger partial charge in [-0.25, -0.2) is 0 Å². The van der Waals surface area contributed by atoms with Crippen molar-refractivity contribution in [2.75, 3.05) is 18.1 Å². The van der Waals surface area contributed by atoms with Crippen molar-refractivity contribution in [3.63, 3.8) is 0 Å². The van der Waals surface area contributed by atoms with Crippen molar-refractivity contribution < 1.29 is 25.6 Å². The molecule has 0 aliphatic rings. The molecule has 106 valence electrons. The Hall–Kier alpha value is -0.620. The monoisotopic (exact) mass is 298 g/mol. The molecular formula is C10H18O6S2. The van der Waals surface area contributed by atoms with Gasteiger partial charge >= 0.3 is 0 Å². The maximum atomic E-state index is 11.0. The molecule has 0 amide bonds. The zero-order valence-electron chi connectivity index (χ0n) is 10.4. The molecule has 0 rings (SSSR count). The third-order valence-electron chi connectivity index (χ3n) is 2.07. The fraction of sp³-hybridized carbons (Fsp3) is 0.800. The number of hydrogen-bond acceptors (Lipinski definition) is 5. The van der Waals surface area contributed by atoms with E-state index in [1.54, 1.807) is 6.92 Å². The molecule has 0 heterocycles. The summed E-state index contributed by atoms with van der Waals surface area (Å²) in [5, 5.41) is 0. The summed E-state index contributed by atoms with van der Waals surface area (Å²) in [4.78, 5) is 0. The van der Waals surface area contributed by atoms with Gasteiger partial charge in [0.15, 0.2) is 0 Å².